The van der Waals surface area contributed by atoms with Crippen molar-refractivity contribution in [3.05, 3.63) is 23.9 Å². The van der Waals surface area contributed by atoms with E-state index in [9.17, 15) is 0 Å². The van der Waals surface area contributed by atoms with Crippen LogP contribution in [0.15, 0.2) is 18.3 Å². The Morgan fingerprint density at radius 2 is 2.19 bits per heavy atom. The third kappa shape index (κ3) is 3.41. The molecule has 1 aliphatic rings. The summed E-state index contributed by atoms with van der Waals surface area (Å²) in [5.74, 6) is 2.10. The topological polar surface area (TPSA) is 24.9 Å². The minimum absolute atomic E-state index is 0.889. The van der Waals surface area contributed by atoms with Gasteiger partial charge in [-0.05, 0) is 30.5 Å². The fourth-order valence-electron chi connectivity index (χ4n) is 2.15. The van der Waals surface area contributed by atoms with Gasteiger partial charge in [0.25, 0.3) is 0 Å². The minimum atomic E-state index is 0.889. The van der Waals surface area contributed by atoms with Gasteiger partial charge in [0.15, 0.2) is 0 Å². The molecule has 3 heteroatoms. The van der Waals surface area contributed by atoms with Gasteiger partial charge in [0, 0.05) is 24.2 Å². The van der Waals surface area contributed by atoms with Crippen LogP contribution in [0.5, 0.6) is 0 Å². The number of aromatic nitrogens is 1. The Kier molecular flexibility index (Phi) is 4.52. The molecular formula is C13H20N2S. The van der Waals surface area contributed by atoms with Crippen molar-refractivity contribution in [1.82, 2.24) is 4.98 Å². The molecule has 0 radical (unpaired) electrons. The second-order valence-corrected chi connectivity index (χ2v) is 5.66. The number of nitrogens with one attached hydrogen (secondary N) is 1. The van der Waals surface area contributed by atoms with E-state index in [0.29, 0.717) is 0 Å². The Hall–Kier alpha value is -0.700. The van der Waals surface area contributed by atoms with Crippen LogP contribution >= 0.6 is 11.8 Å². The lowest BCUT2D eigenvalue weighted by molar-refractivity contribution is 0.516. The predicted molar refractivity (Wildman–Crippen MR) is 72.0 cm³/mol. The first-order valence-corrected chi connectivity index (χ1v) is 7.17. The Morgan fingerprint density at radius 3 is 2.94 bits per heavy atom. The Morgan fingerprint density at radius 1 is 1.38 bits per heavy atom. The molecule has 1 aromatic rings. The number of hydrogen-bond acceptors (Lipinski definition) is 3. The Labute approximate surface area is 102 Å². The first-order chi connectivity index (χ1) is 7.88. The lowest BCUT2D eigenvalue weighted by atomic mass is 10.0. The maximum Gasteiger partial charge on any atom is 0.125 e. The van der Waals surface area contributed by atoms with Crippen molar-refractivity contribution in [3.63, 3.8) is 0 Å². The number of pyridine rings is 1. The summed E-state index contributed by atoms with van der Waals surface area (Å²) in [5.41, 5.74) is 1.38. The van der Waals surface area contributed by atoms with Gasteiger partial charge in [0.05, 0.1) is 0 Å². The maximum atomic E-state index is 4.23. The molecule has 2 rings (SSSR count). The lowest BCUT2D eigenvalue weighted by Gasteiger charge is -2.20. The molecule has 16 heavy (non-hydrogen) atoms. The van der Waals surface area contributed by atoms with E-state index in [4.69, 9.17) is 0 Å². The summed E-state index contributed by atoms with van der Waals surface area (Å²) in [7, 11) is 1.92. The van der Waals surface area contributed by atoms with E-state index in [2.05, 4.69) is 34.2 Å². The molecule has 2 nitrogen and oxygen atoms in total. The normalized spacial score (nSPS) is 17.3. The number of anilines is 1. The molecule has 0 amide bonds. The highest BCUT2D eigenvalue weighted by Crippen LogP contribution is 2.30. The molecule has 0 aromatic carbocycles. The molecule has 0 spiro atoms. The molecule has 1 aliphatic carbocycles. The average molecular weight is 236 g/mol. The van der Waals surface area contributed by atoms with Crippen LogP contribution in [0.25, 0.3) is 0 Å². The molecule has 0 aliphatic heterocycles. The van der Waals surface area contributed by atoms with Crippen molar-refractivity contribution in [1.29, 1.82) is 0 Å². The third-order valence-corrected chi connectivity index (χ3v) is 4.56. The summed E-state index contributed by atoms with van der Waals surface area (Å²) in [6.45, 7) is 0. The second kappa shape index (κ2) is 6.14. The van der Waals surface area contributed by atoms with Gasteiger partial charge < -0.3 is 5.32 Å². The fraction of sp³-hybridized carbons (Fsp3) is 0.615. The maximum absolute atomic E-state index is 4.23. The molecule has 1 fully saturated rings. The average Bonchev–Trinajstić information content (AvgIpc) is 2.38. The van der Waals surface area contributed by atoms with Gasteiger partial charge in [0.2, 0.25) is 0 Å². The van der Waals surface area contributed by atoms with E-state index in [1.165, 1.54) is 37.7 Å². The molecule has 0 unspecified atom stereocenters. The SMILES string of the molecule is CNc1cc(CSC2CCCCC2)ccn1. The zero-order valence-electron chi connectivity index (χ0n) is 9.91. The summed E-state index contributed by atoms with van der Waals surface area (Å²) in [6.07, 6.45) is 9.01. The molecule has 88 valence electrons. The van der Waals surface area contributed by atoms with E-state index in [1.54, 1.807) is 0 Å². The van der Waals surface area contributed by atoms with Crippen LogP contribution in [0.1, 0.15) is 37.7 Å². The van der Waals surface area contributed by atoms with Crippen LogP contribution < -0.4 is 5.32 Å². The van der Waals surface area contributed by atoms with Crippen molar-refractivity contribution < 1.29 is 0 Å². The van der Waals surface area contributed by atoms with Crippen LogP contribution in [0, 0.1) is 0 Å². The second-order valence-electron chi connectivity index (χ2n) is 4.37. The van der Waals surface area contributed by atoms with Crippen molar-refractivity contribution in [2.24, 2.45) is 0 Å². The molecule has 0 atom stereocenters. The number of hydrogen-bond donors (Lipinski definition) is 1. The zero-order valence-corrected chi connectivity index (χ0v) is 10.7. The molecule has 1 saturated carbocycles. The smallest absolute Gasteiger partial charge is 0.125 e. The van der Waals surface area contributed by atoms with E-state index < -0.39 is 0 Å². The third-order valence-electron chi connectivity index (χ3n) is 3.12. The molecule has 0 bridgehead atoms. The van der Waals surface area contributed by atoms with Gasteiger partial charge in [-0.25, -0.2) is 4.98 Å². The first kappa shape index (κ1) is 11.8. The summed E-state index contributed by atoms with van der Waals surface area (Å²) in [5, 5.41) is 3.97. The van der Waals surface area contributed by atoms with E-state index in [0.717, 1.165) is 16.8 Å². The van der Waals surface area contributed by atoms with Gasteiger partial charge in [-0.3, -0.25) is 0 Å². The van der Waals surface area contributed by atoms with Gasteiger partial charge >= 0.3 is 0 Å². The van der Waals surface area contributed by atoms with Crippen molar-refractivity contribution in [2.75, 3.05) is 12.4 Å². The van der Waals surface area contributed by atoms with Crippen molar-refractivity contribution >= 4 is 17.6 Å². The monoisotopic (exact) mass is 236 g/mol. The number of nitrogens with zero attached hydrogens (tertiary/aromatic N) is 1. The van der Waals surface area contributed by atoms with Gasteiger partial charge in [0.1, 0.15) is 5.82 Å². The van der Waals surface area contributed by atoms with E-state index >= 15 is 0 Å². The van der Waals surface area contributed by atoms with Crippen molar-refractivity contribution in [3.8, 4) is 0 Å². The summed E-state index contributed by atoms with van der Waals surface area (Å²) in [6, 6.07) is 4.27. The predicted octanol–water partition coefficient (Wildman–Crippen LogP) is 3.69. The van der Waals surface area contributed by atoms with Crippen molar-refractivity contribution in [2.45, 2.75) is 43.1 Å². The molecular weight excluding hydrogens is 216 g/mol. The summed E-state index contributed by atoms with van der Waals surface area (Å²) >= 11 is 2.11. The van der Waals surface area contributed by atoms with Crippen LogP contribution in [0.4, 0.5) is 5.82 Å². The number of thioether (sulfide) groups is 1. The zero-order chi connectivity index (χ0) is 11.2. The summed E-state index contributed by atoms with van der Waals surface area (Å²) < 4.78 is 0. The Bertz CT molecular complexity index is 321. The van der Waals surface area contributed by atoms with Crippen LogP contribution in [0.2, 0.25) is 0 Å². The number of rotatable bonds is 4. The molecule has 1 heterocycles. The molecule has 1 aromatic heterocycles. The molecule has 0 saturated heterocycles. The van der Waals surface area contributed by atoms with Crippen LogP contribution in [-0.2, 0) is 5.75 Å². The largest absolute Gasteiger partial charge is 0.373 e. The van der Waals surface area contributed by atoms with Gasteiger partial charge in [-0.1, -0.05) is 19.3 Å². The minimum Gasteiger partial charge on any atom is -0.373 e. The quantitative estimate of drug-likeness (QED) is 0.863. The fourth-order valence-corrected chi connectivity index (χ4v) is 3.42. The van der Waals surface area contributed by atoms with Crippen LogP contribution in [-0.4, -0.2) is 17.3 Å². The highest BCUT2D eigenvalue weighted by molar-refractivity contribution is 7.99. The van der Waals surface area contributed by atoms with E-state index in [-0.39, 0.29) is 0 Å². The standard InChI is InChI=1S/C13H20N2S/c1-14-13-9-11(7-8-15-13)10-16-12-5-3-2-4-6-12/h7-9,12H,2-6,10H2,1H3,(H,14,15). The van der Waals surface area contributed by atoms with Gasteiger partial charge in [-0.15, -0.1) is 0 Å². The van der Waals surface area contributed by atoms with Crippen LogP contribution in [0.3, 0.4) is 0 Å². The highest BCUT2D eigenvalue weighted by atomic mass is 32.2. The highest BCUT2D eigenvalue weighted by Gasteiger charge is 2.13. The Balaban J connectivity index is 1.83. The lowest BCUT2D eigenvalue weighted by Crippen LogP contribution is -2.08. The summed E-state index contributed by atoms with van der Waals surface area (Å²) in [4.78, 5) is 4.23. The van der Waals surface area contributed by atoms with E-state index in [1.807, 2.05) is 13.2 Å². The first-order valence-electron chi connectivity index (χ1n) is 6.13. The van der Waals surface area contributed by atoms with Gasteiger partial charge in [-0.2, -0.15) is 11.8 Å². The molecule has 1 N–H and O–H groups in total.